The summed E-state index contributed by atoms with van der Waals surface area (Å²) in [7, 11) is 1.91. The van der Waals surface area contributed by atoms with E-state index in [-0.39, 0.29) is 11.9 Å². The molecular weight excluding hydrogens is 366 g/mol. The molecule has 26 heavy (non-hydrogen) atoms. The highest BCUT2D eigenvalue weighted by molar-refractivity contribution is 7.97. The van der Waals surface area contributed by atoms with E-state index < -0.39 is 0 Å². The van der Waals surface area contributed by atoms with Gasteiger partial charge in [0.1, 0.15) is 11.9 Å². The number of carbonyl (C=O) groups is 1. The fraction of sp³-hybridized carbons (Fsp3) is 0.200. The highest BCUT2D eigenvalue weighted by Crippen LogP contribution is 2.23. The second-order valence-electron chi connectivity index (χ2n) is 5.99. The van der Waals surface area contributed by atoms with Gasteiger partial charge in [0.25, 0.3) is 5.91 Å². The van der Waals surface area contributed by atoms with Crippen LogP contribution in [-0.2, 0) is 12.8 Å². The zero-order valence-corrected chi connectivity index (χ0v) is 16.2. The van der Waals surface area contributed by atoms with Crippen LogP contribution in [0, 0.1) is 0 Å². The molecule has 0 fully saturated rings. The molecule has 1 heterocycles. The molecule has 1 aromatic heterocycles. The van der Waals surface area contributed by atoms with Crippen molar-refractivity contribution >= 4 is 29.3 Å². The van der Waals surface area contributed by atoms with Crippen molar-refractivity contribution in [3.05, 3.63) is 88.5 Å². The summed E-state index contributed by atoms with van der Waals surface area (Å²) in [5, 5.41) is 3.77. The molecule has 0 radical (unpaired) electrons. The van der Waals surface area contributed by atoms with Gasteiger partial charge in [-0.25, -0.2) is 4.98 Å². The minimum atomic E-state index is -0.357. The van der Waals surface area contributed by atoms with Crippen LogP contribution in [0.4, 0.5) is 0 Å². The van der Waals surface area contributed by atoms with E-state index in [1.165, 1.54) is 0 Å². The molecule has 0 spiro atoms. The predicted molar refractivity (Wildman–Crippen MR) is 108 cm³/mol. The van der Waals surface area contributed by atoms with Gasteiger partial charge in [0.05, 0.1) is 0 Å². The molecule has 0 aliphatic rings. The number of benzene rings is 2. The van der Waals surface area contributed by atoms with Crippen molar-refractivity contribution < 1.29 is 4.79 Å². The largest absolute Gasteiger partial charge is 0.338 e. The van der Waals surface area contributed by atoms with Crippen molar-refractivity contribution in [2.45, 2.75) is 11.8 Å². The number of aryl methyl sites for hydroxylation is 1. The van der Waals surface area contributed by atoms with Gasteiger partial charge in [0.15, 0.2) is 0 Å². The maximum atomic E-state index is 12.9. The molecule has 0 saturated carbocycles. The van der Waals surface area contributed by atoms with Crippen LogP contribution in [0.2, 0.25) is 5.02 Å². The summed E-state index contributed by atoms with van der Waals surface area (Å²) >= 11 is 7.74. The smallest absolute Gasteiger partial charge is 0.252 e. The minimum absolute atomic E-state index is 0.129. The zero-order valence-electron chi connectivity index (χ0n) is 14.6. The van der Waals surface area contributed by atoms with E-state index in [1.54, 1.807) is 18.0 Å². The van der Waals surface area contributed by atoms with Gasteiger partial charge in [-0.2, -0.15) is 11.8 Å². The number of carbonyl (C=O) groups excluding carboxylic acids is 1. The molecule has 6 heteroatoms. The average molecular weight is 386 g/mol. The van der Waals surface area contributed by atoms with E-state index in [9.17, 15) is 4.79 Å². The quantitative estimate of drug-likeness (QED) is 0.681. The number of rotatable bonds is 6. The number of thioether (sulfide) groups is 1. The molecule has 4 nitrogen and oxygen atoms in total. The number of nitrogens with zero attached hydrogens (tertiary/aromatic N) is 2. The molecule has 0 aliphatic heterocycles. The number of hydrogen-bond acceptors (Lipinski definition) is 3. The third-order valence-electron chi connectivity index (χ3n) is 4.10. The lowest BCUT2D eigenvalue weighted by atomic mass is 10.0. The summed E-state index contributed by atoms with van der Waals surface area (Å²) in [6.07, 6.45) is 5.64. The van der Waals surface area contributed by atoms with Gasteiger partial charge in [-0.15, -0.1) is 0 Å². The topological polar surface area (TPSA) is 46.9 Å². The fourth-order valence-corrected chi connectivity index (χ4v) is 3.43. The first-order valence-corrected chi connectivity index (χ1v) is 9.97. The van der Waals surface area contributed by atoms with Crippen molar-refractivity contribution in [1.29, 1.82) is 0 Å². The normalized spacial score (nSPS) is 12.0. The van der Waals surface area contributed by atoms with Crippen LogP contribution < -0.4 is 5.32 Å². The van der Waals surface area contributed by atoms with Crippen LogP contribution in [0.3, 0.4) is 0 Å². The molecule has 0 aliphatic carbocycles. The first-order valence-electron chi connectivity index (χ1n) is 8.20. The number of halogens is 1. The Bertz CT molecular complexity index is 892. The monoisotopic (exact) mass is 385 g/mol. The van der Waals surface area contributed by atoms with Crippen molar-refractivity contribution in [2.24, 2.45) is 7.05 Å². The number of aromatic nitrogens is 2. The van der Waals surface area contributed by atoms with Crippen LogP contribution in [-0.4, -0.2) is 21.7 Å². The van der Waals surface area contributed by atoms with Gasteiger partial charge in [-0.05, 0) is 41.6 Å². The summed E-state index contributed by atoms with van der Waals surface area (Å²) in [4.78, 5) is 17.3. The minimum Gasteiger partial charge on any atom is -0.338 e. The van der Waals surface area contributed by atoms with E-state index in [0.29, 0.717) is 10.6 Å². The van der Waals surface area contributed by atoms with Crippen molar-refractivity contribution in [1.82, 2.24) is 14.9 Å². The molecule has 1 N–H and O–H groups in total. The molecule has 0 bridgehead atoms. The van der Waals surface area contributed by atoms with Crippen LogP contribution in [0.5, 0.6) is 0 Å². The lowest BCUT2D eigenvalue weighted by molar-refractivity contribution is 0.0941. The second kappa shape index (κ2) is 8.43. The highest BCUT2D eigenvalue weighted by atomic mass is 35.5. The van der Waals surface area contributed by atoms with E-state index in [1.807, 2.05) is 72.6 Å². The second-order valence-corrected chi connectivity index (χ2v) is 7.29. The van der Waals surface area contributed by atoms with Gasteiger partial charge in [-0.1, -0.05) is 35.9 Å². The van der Waals surface area contributed by atoms with Gasteiger partial charge in [0, 0.05) is 35.8 Å². The van der Waals surface area contributed by atoms with Crippen molar-refractivity contribution in [3.8, 4) is 0 Å². The van der Waals surface area contributed by atoms with Crippen LogP contribution in [0.25, 0.3) is 0 Å². The molecule has 0 unspecified atom stereocenters. The molecule has 134 valence electrons. The predicted octanol–water partition coefficient (Wildman–Crippen LogP) is 4.46. The number of amides is 1. The Kier molecular flexibility index (Phi) is 6.01. The lowest BCUT2D eigenvalue weighted by Gasteiger charge is -2.19. The third-order valence-corrected chi connectivity index (χ3v) is 4.97. The highest BCUT2D eigenvalue weighted by Gasteiger charge is 2.21. The van der Waals surface area contributed by atoms with E-state index in [4.69, 9.17) is 11.6 Å². The Balaban J connectivity index is 1.90. The van der Waals surface area contributed by atoms with Gasteiger partial charge in [0.2, 0.25) is 0 Å². The molecule has 1 atom stereocenters. The van der Waals surface area contributed by atoms with E-state index in [0.717, 1.165) is 22.7 Å². The Morgan fingerprint density at radius 3 is 2.69 bits per heavy atom. The molecule has 1 amide bonds. The van der Waals surface area contributed by atoms with Crippen molar-refractivity contribution in [3.63, 3.8) is 0 Å². The zero-order chi connectivity index (χ0) is 18.5. The van der Waals surface area contributed by atoms with Crippen molar-refractivity contribution in [2.75, 3.05) is 6.26 Å². The summed E-state index contributed by atoms with van der Waals surface area (Å²) in [5.74, 6) is 1.51. The summed E-state index contributed by atoms with van der Waals surface area (Å²) in [6.45, 7) is 0. The molecule has 3 aromatic rings. The summed E-state index contributed by atoms with van der Waals surface area (Å²) in [6, 6.07) is 14.8. The fourth-order valence-electron chi connectivity index (χ4n) is 2.79. The van der Waals surface area contributed by atoms with Crippen LogP contribution in [0.15, 0.2) is 60.9 Å². The third kappa shape index (κ3) is 4.29. The SMILES string of the molecule is CSCc1cccc(C(=O)N[C@H](c2ccc(Cl)cc2)c2nccn2C)c1. The Morgan fingerprint density at radius 2 is 2.04 bits per heavy atom. The Labute approximate surface area is 162 Å². The van der Waals surface area contributed by atoms with Crippen LogP contribution in [0.1, 0.15) is 33.4 Å². The Morgan fingerprint density at radius 1 is 1.27 bits per heavy atom. The summed E-state index contributed by atoms with van der Waals surface area (Å²) < 4.78 is 1.91. The van der Waals surface area contributed by atoms with Gasteiger partial charge >= 0.3 is 0 Å². The number of nitrogens with one attached hydrogen (secondary N) is 1. The molecule has 0 saturated heterocycles. The van der Waals surface area contributed by atoms with E-state index in [2.05, 4.69) is 10.3 Å². The standard InChI is InChI=1S/C20H20ClN3OS/c1-24-11-10-22-19(24)18(15-6-8-17(21)9-7-15)23-20(25)16-5-3-4-14(12-16)13-26-2/h3-12,18H,13H2,1-2H3,(H,23,25)/t18-/m1/s1. The summed E-state index contributed by atoms with van der Waals surface area (Å²) in [5.41, 5.74) is 2.70. The lowest BCUT2D eigenvalue weighted by Crippen LogP contribution is -2.31. The average Bonchev–Trinajstić information content (AvgIpc) is 3.07. The first-order chi connectivity index (χ1) is 12.6. The number of imidazole rings is 1. The van der Waals surface area contributed by atoms with E-state index >= 15 is 0 Å². The maximum Gasteiger partial charge on any atom is 0.252 e. The van der Waals surface area contributed by atoms with Crippen LogP contribution >= 0.6 is 23.4 Å². The Hall–Kier alpha value is -2.24. The van der Waals surface area contributed by atoms with Gasteiger partial charge < -0.3 is 9.88 Å². The van der Waals surface area contributed by atoms with Gasteiger partial charge in [-0.3, -0.25) is 4.79 Å². The number of hydrogen-bond donors (Lipinski definition) is 1. The molecular formula is C20H20ClN3OS. The molecule has 2 aromatic carbocycles. The first kappa shape index (κ1) is 18.5. The molecule has 3 rings (SSSR count). The maximum absolute atomic E-state index is 12.9.